The molecule has 1 fully saturated rings. The van der Waals surface area contributed by atoms with Crippen molar-refractivity contribution < 1.29 is 0 Å². The van der Waals surface area contributed by atoms with Crippen molar-refractivity contribution in [3.8, 4) is 11.4 Å². The molecule has 5 nitrogen and oxygen atoms in total. The number of hydrogen-bond donors (Lipinski definition) is 2. The summed E-state index contributed by atoms with van der Waals surface area (Å²) >= 11 is 0. The molecule has 1 aliphatic rings. The fraction of sp³-hybridized carbons (Fsp3) is 0.300. The maximum atomic E-state index is 3.97. The molecule has 0 atom stereocenters. The van der Waals surface area contributed by atoms with Crippen molar-refractivity contribution in [1.82, 2.24) is 25.9 Å². The SMILES string of the molecule is c1cc(-c2nn[nH]n2)cc(C2CNC2)c1. The van der Waals surface area contributed by atoms with E-state index in [1.807, 2.05) is 12.1 Å². The molecular formula is C10H11N5. The van der Waals surface area contributed by atoms with E-state index in [2.05, 4.69) is 38.1 Å². The van der Waals surface area contributed by atoms with Crippen LogP contribution in [0.2, 0.25) is 0 Å². The van der Waals surface area contributed by atoms with Gasteiger partial charge in [-0.2, -0.15) is 5.21 Å². The van der Waals surface area contributed by atoms with Gasteiger partial charge in [0.25, 0.3) is 0 Å². The van der Waals surface area contributed by atoms with Crippen LogP contribution in [-0.2, 0) is 0 Å². The van der Waals surface area contributed by atoms with Crippen LogP contribution in [0.1, 0.15) is 11.5 Å². The molecule has 0 amide bonds. The summed E-state index contributed by atoms with van der Waals surface area (Å²) in [6.45, 7) is 2.13. The summed E-state index contributed by atoms with van der Waals surface area (Å²) in [5.41, 5.74) is 2.37. The lowest BCUT2D eigenvalue weighted by atomic mass is 9.92. The highest BCUT2D eigenvalue weighted by molar-refractivity contribution is 5.55. The average Bonchev–Trinajstić information content (AvgIpc) is 2.68. The van der Waals surface area contributed by atoms with Crippen LogP contribution in [0.25, 0.3) is 11.4 Å². The molecule has 0 radical (unpaired) electrons. The van der Waals surface area contributed by atoms with Gasteiger partial charge in [0.2, 0.25) is 5.82 Å². The van der Waals surface area contributed by atoms with Gasteiger partial charge < -0.3 is 5.32 Å². The lowest BCUT2D eigenvalue weighted by Gasteiger charge is -2.27. The topological polar surface area (TPSA) is 66.5 Å². The predicted octanol–water partition coefficient (Wildman–Crippen LogP) is 0.553. The molecule has 2 N–H and O–H groups in total. The Hall–Kier alpha value is -1.75. The highest BCUT2D eigenvalue weighted by Crippen LogP contribution is 2.23. The molecule has 76 valence electrons. The van der Waals surface area contributed by atoms with Crippen molar-refractivity contribution in [1.29, 1.82) is 0 Å². The molecule has 2 heterocycles. The standard InChI is InChI=1S/C10H11N5/c1-2-7(9-5-11-6-9)4-8(3-1)10-12-14-15-13-10/h1-4,9,11H,5-6H2,(H,12,13,14,15). The number of H-pyrrole nitrogens is 1. The van der Waals surface area contributed by atoms with Crippen LogP contribution < -0.4 is 5.32 Å². The van der Waals surface area contributed by atoms with Crippen LogP contribution in [0.5, 0.6) is 0 Å². The molecule has 1 saturated heterocycles. The van der Waals surface area contributed by atoms with Gasteiger partial charge in [-0.15, -0.1) is 10.2 Å². The van der Waals surface area contributed by atoms with E-state index in [1.165, 1.54) is 5.56 Å². The second-order valence-electron chi connectivity index (χ2n) is 3.72. The van der Waals surface area contributed by atoms with Crippen LogP contribution >= 0.6 is 0 Å². The predicted molar refractivity (Wildman–Crippen MR) is 55.2 cm³/mol. The Kier molecular flexibility index (Phi) is 1.96. The Morgan fingerprint density at radius 2 is 2.20 bits per heavy atom. The molecule has 0 aliphatic carbocycles. The molecule has 3 rings (SSSR count). The van der Waals surface area contributed by atoms with E-state index in [-0.39, 0.29) is 0 Å². The quantitative estimate of drug-likeness (QED) is 0.744. The minimum absolute atomic E-state index is 0.636. The van der Waals surface area contributed by atoms with Crippen molar-refractivity contribution in [3.05, 3.63) is 29.8 Å². The minimum Gasteiger partial charge on any atom is -0.315 e. The highest BCUT2D eigenvalue weighted by atomic mass is 15.5. The van der Waals surface area contributed by atoms with E-state index in [1.54, 1.807) is 0 Å². The van der Waals surface area contributed by atoms with Crippen molar-refractivity contribution >= 4 is 0 Å². The first-order valence-electron chi connectivity index (χ1n) is 4.98. The summed E-state index contributed by atoms with van der Waals surface area (Å²) in [5.74, 6) is 1.29. The summed E-state index contributed by atoms with van der Waals surface area (Å²) in [6, 6.07) is 8.32. The van der Waals surface area contributed by atoms with E-state index in [0.29, 0.717) is 11.7 Å². The first-order valence-corrected chi connectivity index (χ1v) is 4.98. The molecule has 0 bridgehead atoms. The second-order valence-corrected chi connectivity index (χ2v) is 3.72. The fourth-order valence-corrected chi connectivity index (χ4v) is 1.74. The smallest absolute Gasteiger partial charge is 0.204 e. The minimum atomic E-state index is 0.636. The van der Waals surface area contributed by atoms with Crippen LogP contribution in [0.3, 0.4) is 0 Å². The highest BCUT2D eigenvalue weighted by Gasteiger charge is 2.19. The van der Waals surface area contributed by atoms with E-state index in [9.17, 15) is 0 Å². The van der Waals surface area contributed by atoms with Gasteiger partial charge in [0.15, 0.2) is 0 Å². The number of aromatic amines is 1. The number of aromatic nitrogens is 4. The molecule has 0 unspecified atom stereocenters. The van der Waals surface area contributed by atoms with Crippen molar-refractivity contribution in [2.45, 2.75) is 5.92 Å². The van der Waals surface area contributed by atoms with Crippen molar-refractivity contribution in [3.63, 3.8) is 0 Å². The largest absolute Gasteiger partial charge is 0.315 e. The van der Waals surface area contributed by atoms with Gasteiger partial charge in [-0.1, -0.05) is 18.2 Å². The van der Waals surface area contributed by atoms with Gasteiger partial charge in [-0.05, 0) is 16.8 Å². The Morgan fingerprint density at radius 1 is 1.27 bits per heavy atom. The number of nitrogens with zero attached hydrogens (tertiary/aromatic N) is 3. The van der Waals surface area contributed by atoms with Gasteiger partial charge in [0, 0.05) is 24.6 Å². The lowest BCUT2D eigenvalue weighted by Crippen LogP contribution is -2.39. The zero-order chi connectivity index (χ0) is 10.1. The average molecular weight is 201 g/mol. The number of benzene rings is 1. The summed E-state index contributed by atoms with van der Waals surface area (Å²) in [5, 5.41) is 17.2. The zero-order valence-corrected chi connectivity index (χ0v) is 8.14. The van der Waals surface area contributed by atoms with E-state index < -0.39 is 0 Å². The van der Waals surface area contributed by atoms with Crippen LogP contribution in [0.4, 0.5) is 0 Å². The van der Waals surface area contributed by atoms with Gasteiger partial charge in [-0.25, -0.2) is 0 Å². The first kappa shape index (κ1) is 8.55. The molecule has 0 spiro atoms. The number of tetrazole rings is 1. The third-order valence-corrected chi connectivity index (χ3v) is 2.74. The van der Waals surface area contributed by atoms with Crippen molar-refractivity contribution in [2.75, 3.05) is 13.1 Å². The summed E-state index contributed by atoms with van der Waals surface area (Å²) in [7, 11) is 0. The molecule has 5 heteroatoms. The maximum Gasteiger partial charge on any atom is 0.204 e. The van der Waals surface area contributed by atoms with Gasteiger partial charge in [0.05, 0.1) is 0 Å². The zero-order valence-electron chi connectivity index (χ0n) is 8.14. The number of hydrogen-bond acceptors (Lipinski definition) is 4. The van der Waals surface area contributed by atoms with Gasteiger partial charge >= 0.3 is 0 Å². The third-order valence-electron chi connectivity index (χ3n) is 2.74. The maximum absolute atomic E-state index is 3.97. The van der Waals surface area contributed by atoms with Crippen LogP contribution in [0, 0.1) is 0 Å². The van der Waals surface area contributed by atoms with E-state index in [0.717, 1.165) is 18.7 Å². The molecule has 1 aliphatic heterocycles. The molecule has 15 heavy (non-hydrogen) atoms. The van der Waals surface area contributed by atoms with Crippen LogP contribution in [-0.4, -0.2) is 33.7 Å². The molecule has 1 aromatic carbocycles. The monoisotopic (exact) mass is 201 g/mol. The molecule has 2 aromatic rings. The fourth-order valence-electron chi connectivity index (χ4n) is 1.74. The Morgan fingerprint density at radius 3 is 2.87 bits per heavy atom. The second kappa shape index (κ2) is 3.43. The third kappa shape index (κ3) is 1.50. The van der Waals surface area contributed by atoms with Crippen LogP contribution in [0.15, 0.2) is 24.3 Å². The number of nitrogens with one attached hydrogen (secondary N) is 2. The molecular weight excluding hydrogens is 190 g/mol. The van der Waals surface area contributed by atoms with E-state index in [4.69, 9.17) is 0 Å². The Bertz CT molecular complexity index is 447. The van der Waals surface area contributed by atoms with E-state index >= 15 is 0 Å². The summed E-state index contributed by atoms with van der Waals surface area (Å²) in [4.78, 5) is 0. The Balaban J connectivity index is 1.95. The Labute approximate surface area is 86.9 Å². The first-order chi connectivity index (χ1) is 7.43. The van der Waals surface area contributed by atoms with Gasteiger partial charge in [-0.3, -0.25) is 0 Å². The summed E-state index contributed by atoms with van der Waals surface area (Å²) in [6.07, 6.45) is 0. The summed E-state index contributed by atoms with van der Waals surface area (Å²) < 4.78 is 0. The lowest BCUT2D eigenvalue weighted by molar-refractivity contribution is 0.448. The number of rotatable bonds is 2. The van der Waals surface area contributed by atoms with Gasteiger partial charge in [0.1, 0.15) is 0 Å². The normalized spacial score (nSPS) is 16.3. The molecule has 0 saturated carbocycles. The molecule has 1 aromatic heterocycles. The van der Waals surface area contributed by atoms with Crippen molar-refractivity contribution in [2.24, 2.45) is 0 Å².